The van der Waals surface area contributed by atoms with E-state index in [-0.39, 0.29) is 23.8 Å². The van der Waals surface area contributed by atoms with E-state index >= 15 is 0 Å². The summed E-state index contributed by atoms with van der Waals surface area (Å²) in [4.78, 5) is 39.1. The fraction of sp³-hybridized carbons (Fsp3) is 0.381. The molecule has 1 saturated heterocycles. The number of benzene rings is 1. The first kappa shape index (κ1) is 19.7. The summed E-state index contributed by atoms with van der Waals surface area (Å²) in [6.07, 6.45) is 4.60. The molecule has 1 fully saturated rings. The zero-order valence-corrected chi connectivity index (χ0v) is 16.2. The third-order valence-corrected chi connectivity index (χ3v) is 4.71. The van der Waals surface area contributed by atoms with Crippen molar-refractivity contribution in [1.82, 2.24) is 9.47 Å². The number of aryl methyl sites for hydroxylation is 2. The zero-order valence-electron chi connectivity index (χ0n) is 16.2. The molecular weight excluding hydrogens is 358 g/mol. The molecule has 1 aromatic carbocycles. The summed E-state index contributed by atoms with van der Waals surface area (Å²) in [6, 6.07) is 8.81. The van der Waals surface area contributed by atoms with Crippen LogP contribution in [0.4, 0.5) is 5.69 Å². The van der Waals surface area contributed by atoms with Gasteiger partial charge in [-0.05, 0) is 49.9 Å². The summed E-state index contributed by atoms with van der Waals surface area (Å²) in [7, 11) is 1.56. The van der Waals surface area contributed by atoms with Gasteiger partial charge in [-0.2, -0.15) is 0 Å². The maximum atomic E-state index is 12.7. The number of nitrogens with one attached hydrogen (secondary N) is 1. The highest BCUT2D eigenvalue weighted by molar-refractivity contribution is 5.97. The van der Waals surface area contributed by atoms with Crippen LogP contribution in [0.15, 0.2) is 41.3 Å². The minimum absolute atomic E-state index is 0.0724. The number of carbonyl (C=O) groups excluding carboxylic acids is 2. The van der Waals surface area contributed by atoms with Gasteiger partial charge in [0.25, 0.3) is 17.4 Å². The Hall–Kier alpha value is -3.09. The first-order chi connectivity index (χ1) is 13.4. The van der Waals surface area contributed by atoms with Crippen LogP contribution in [0.3, 0.4) is 0 Å². The molecule has 7 heteroatoms. The van der Waals surface area contributed by atoms with Crippen LogP contribution in [0.1, 0.15) is 35.2 Å². The van der Waals surface area contributed by atoms with Crippen LogP contribution in [0.5, 0.6) is 5.75 Å². The molecule has 0 saturated carbocycles. The molecule has 148 valence electrons. The lowest BCUT2D eigenvalue weighted by atomic mass is 10.1. The highest BCUT2D eigenvalue weighted by Gasteiger charge is 2.20. The van der Waals surface area contributed by atoms with Crippen molar-refractivity contribution in [2.24, 2.45) is 7.05 Å². The van der Waals surface area contributed by atoms with Gasteiger partial charge in [0.2, 0.25) is 0 Å². The standard InChI is InChI=1S/C21H25N3O4/c1-15-7-6-8-17(11-15)28-14-19(25)22-18-12-16(13-23(2)21(18)27)20(26)24-9-4-3-5-10-24/h6-8,11-13H,3-5,9-10,14H2,1-2H3,(H,22,25). The van der Waals surface area contributed by atoms with Gasteiger partial charge in [0.15, 0.2) is 6.61 Å². The maximum absolute atomic E-state index is 12.7. The van der Waals surface area contributed by atoms with E-state index in [4.69, 9.17) is 4.74 Å². The number of ether oxygens (including phenoxy) is 1. The van der Waals surface area contributed by atoms with Gasteiger partial charge in [-0.15, -0.1) is 0 Å². The molecule has 1 aliphatic heterocycles. The highest BCUT2D eigenvalue weighted by Crippen LogP contribution is 2.15. The van der Waals surface area contributed by atoms with Crippen molar-refractivity contribution in [1.29, 1.82) is 0 Å². The smallest absolute Gasteiger partial charge is 0.274 e. The number of likely N-dealkylation sites (tertiary alicyclic amines) is 1. The zero-order chi connectivity index (χ0) is 20.1. The second kappa shape index (κ2) is 8.73. The lowest BCUT2D eigenvalue weighted by molar-refractivity contribution is -0.118. The lowest BCUT2D eigenvalue weighted by Gasteiger charge is -2.27. The van der Waals surface area contributed by atoms with E-state index in [0.29, 0.717) is 24.4 Å². The summed E-state index contributed by atoms with van der Waals surface area (Å²) in [5.74, 6) is 0.0000619. The molecule has 0 aliphatic carbocycles. The largest absolute Gasteiger partial charge is 0.484 e. The molecule has 1 aliphatic rings. The Morgan fingerprint density at radius 1 is 1.14 bits per heavy atom. The Kier molecular flexibility index (Phi) is 6.13. The summed E-state index contributed by atoms with van der Waals surface area (Å²) in [6.45, 7) is 3.14. The van der Waals surface area contributed by atoms with Gasteiger partial charge in [0, 0.05) is 26.3 Å². The van der Waals surface area contributed by atoms with E-state index < -0.39 is 5.91 Å². The van der Waals surface area contributed by atoms with Crippen molar-refractivity contribution in [3.05, 3.63) is 58.0 Å². The Balaban J connectivity index is 1.70. The van der Waals surface area contributed by atoms with Crippen LogP contribution < -0.4 is 15.6 Å². The molecule has 0 radical (unpaired) electrons. The Bertz CT molecular complexity index is 929. The molecule has 3 rings (SSSR count). The number of piperidine rings is 1. The van der Waals surface area contributed by atoms with Gasteiger partial charge in [-0.25, -0.2) is 0 Å². The van der Waals surface area contributed by atoms with Gasteiger partial charge >= 0.3 is 0 Å². The number of rotatable bonds is 5. The molecule has 0 unspecified atom stereocenters. The highest BCUT2D eigenvalue weighted by atomic mass is 16.5. The topological polar surface area (TPSA) is 80.6 Å². The molecule has 2 aromatic rings. The molecule has 2 amide bonds. The first-order valence-corrected chi connectivity index (χ1v) is 9.43. The number of anilines is 1. The third kappa shape index (κ3) is 4.79. The summed E-state index contributed by atoms with van der Waals surface area (Å²) in [5.41, 5.74) is 1.11. The fourth-order valence-corrected chi connectivity index (χ4v) is 3.24. The van der Waals surface area contributed by atoms with Crippen molar-refractivity contribution in [3.8, 4) is 5.75 Å². The van der Waals surface area contributed by atoms with Crippen LogP contribution >= 0.6 is 0 Å². The Morgan fingerprint density at radius 3 is 2.61 bits per heavy atom. The fourth-order valence-electron chi connectivity index (χ4n) is 3.24. The SMILES string of the molecule is Cc1cccc(OCC(=O)Nc2cc(C(=O)N3CCCCC3)cn(C)c2=O)c1. The van der Waals surface area contributed by atoms with Crippen LogP contribution in [-0.2, 0) is 11.8 Å². The lowest BCUT2D eigenvalue weighted by Crippen LogP contribution is -2.36. The van der Waals surface area contributed by atoms with Crippen LogP contribution in [0.25, 0.3) is 0 Å². The molecular formula is C21H25N3O4. The summed E-state index contributed by atoms with van der Waals surface area (Å²) in [5, 5.41) is 2.57. The van der Waals surface area contributed by atoms with Gasteiger partial charge < -0.3 is 19.5 Å². The van der Waals surface area contributed by atoms with E-state index in [9.17, 15) is 14.4 Å². The minimum atomic E-state index is -0.457. The molecule has 0 atom stereocenters. The predicted octanol–water partition coefficient (Wildman–Crippen LogP) is 2.34. The van der Waals surface area contributed by atoms with Crippen LogP contribution in [-0.4, -0.2) is 41.0 Å². The van der Waals surface area contributed by atoms with E-state index in [1.165, 1.54) is 16.8 Å². The normalized spacial score (nSPS) is 13.9. The molecule has 2 heterocycles. The van der Waals surface area contributed by atoms with Gasteiger partial charge in [-0.1, -0.05) is 12.1 Å². The molecule has 1 aromatic heterocycles. The van der Waals surface area contributed by atoms with Crippen molar-refractivity contribution in [3.63, 3.8) is 0 Å². The van der Waals surface area contributed by atoms with Crippen molar-refractivity contribution in [2.45, 2.75) is 26.2 Å². The maximum Gasteiger partial charge on any atom is 0.274 e. The number of aromatic nitrogens is 1. The van der Waals surface area contributed by atoms with E-state index in [1.807, 2.05) is 25.1 Å². The summed E-state index contributed by atoms with van der Waals surface area (Å²) >= 11 is 0. The first-order valence-electron chi connectivity index (χ1n) is 9.43. The number of nitrogens with zero attached hydrogens (tertiary/aromatic N) is 2. The van der Waals surface area contributed by atoms with Crippen molar-refractivity contribution >= 4 is 17.5 Å². The Labute approximate surface area is 163 Å². The molecule has 7 nitrogen and oxygen atoms in total. The summed E-state index contributed by atoms with van der Waals surface area (Å²) < 4.78 is 6.78. The second-order valence-electron chi connectivity index (χ2n) is 7.06. The number of hydrogen-bond acceptors (Lipinski definition) is 4. The second-order valence-corrected chi connectivity index (χ2v) is 7.06. The quantitative estimate of drug-likeness (QED) is 0.859. The van der Waals surface area contributed by atoms with Crippen molar-refractivity contribution < 1.29 is 14.3 Å². The van der Waals surface area contributed by atoms with E-state index in [1.54, 1.807) is 18.0 Å². The third-order valence-electron chi connectivity index (χ3n) is 4.71. The average Bonchev–Trinajstić information content (AvgIpc) is 2.70. The number of pyridine rings is 1. The van der Waals surface area contributed by atoms with Gasteiger partial charge in [0.1, 0.15) is 11.4 Å². The average molecular weight is 383 g/mol. The van der Waals surface area contributed by atoms with E-state index in [2.05, 4.69) is 5.32 Å². The molecule has 28 heavy (non-hydrogen) atoms. The number of amides is 2. The van der Waals surface area contributed by atoms with Gasteiger partial charge in [-0.3, -0.25) is 14.4 Å². The molecule has 1 N–H and O–H groups in total. The number of carbonyl (C=O) groups is 2. The minimum Gasteiger partial charge on any atom is -0.484 e. The predicted molar refractivity (Wildman–Crippen MR) is 107 cm³/mol. The van der Waals surface area contributed by atoms with Crippen molar-refractivity contribution in [2.75, 3.05) is 25.0 Å². The Morgan fingerprint density at radius 2 is 1.89 bits per heavy atom. The van der Waals surface area contributed by atoms with Crippen LogP contribution in [0.2, 0.25) is 0 Å². The molecule has 0 spiro atoms. The van der Waals surface area contributed by atoms with Crippen LogP contribution in [0, 0.1) is 6.92 Å². The number of hydrogen-bond donors (Lipinski definition) is 1. The molecule has 0 bridgehead atoms. The van der Waals surface area contributed by atoms with Gasteiger partial charge in [0.05, 0.1) is 5.56 Å². The van der Waals surface area contributed by atoms with E-state index in [0.717, 1.165) is 24.8 Å². The monoisotopic (exact) mass is 383 g/mol.